The lowest BCUT2D eigenvalue weighted by atomic mass is 9.78. The van der Waals surface area contributed by atoms with Crippen molar-refractivity contribution in [1.82, 2.24) is 9.97 Å². The van der Waals surface area contributed by atoms with E-state index in [1.165, 1.54) is 19.3 Å². The van der Waals surface area contributed by atoms with Crippen LogP contribution in [0.25, 0.3) is 33.2 Å². The Kier molecular flexibility index (Phi) is 3.40. The van der Waals surface area contributed by atoms with Gasteiger partial charge in [-0.2, -0.15) is 0 Å². The molecule has 5 rings (SSSR count). The van der Waals surface area contributed by atoms with E-state index in [0.717, 1.165) is 34.7 Å². The fourth-order valence-corrected chi connectivity index (χ4v) is 4.47. The summed E-state index contributed by atoms with van der Waals surface area (Å²) < 4.78 is 38.3. The second kappa shape index (κ2) is 7.05. The van der Waals surface area contributed by atoms with E-state index >= 15 is 0 Å². The zero-order valence-corrected chi connectivity index (χ0v) is 16.0. The van der Waals surface area contributed by atoms with Crippen molar-refractivity contribution in [2.45, 2.75) is 51.8 Å². The summed E-state index contributed by atoms with van der Waals surface area (Å²) in [5.41, 5.74) is 3.81. The molecule has 28 heavy (non-hydrogen) atoms. The molecule has 0 amide bonds. The van der Waals surface area contributed by atoms with Crippen molar-refractivity contribution in [2.75, 3.05) is 0 Å². The minimum absolute atomic E-state index is 0.246. The summed E-state index contributed by atoms with van der Waals surface area (Å²) >= 11 is 0. The SMILES string of the molecule is [2H]C([2H])([2H])c1ccc2c(c1)oc1c(-c3cc(C([2H])(C)C4CCCCC4)ccn3)cncc12. The third-order valence-electron chi connectivity index (χ3n) is 6.09. The summed E-state index contributed by atoms with van der Waals surface area (Å²) in [6.45, 7) is -0.180. The average Bonchev–Trinajstić information content (AvgIpc) is 3.17. The number of pyridine rings is 2. The van der Waals surface area contributed by atoms with Crippen molar-refractivity contribution in [3.8, 4) is 11.3 Å². The van der Waals surface area contributed by atoms with Crippen LogP contribution in [0.5, 0.6) is 0 Å². The summed E-state index contributed by atoms with van der Waals surface area (Å²) in [6.07, 6.45) is 11.0. The number of aromatic nitrogens is 2. The normalized spacial score (nSPS) is 20.3. The van der Waals surface area contributed by atoms with Gasteiger partial charge < -0.3 is 4.42 Å². The van der Waals surface area contributed by atoms with Gasteiger partial charge in [0, 0.05) is 34.8 Å². The summed E-state index contributed by atoms with van der Waals surface area (Å²) in [5, 5.41) is 1.65. The topological polar surface area (TPSA) is 38.9 Å². The standard InChI is InChI=1S/C25H26N2O/c1-16-8-9-20-21-14-26-15-22(25(21)28-24(20)12-16)23-13-19(10-11-27-23)17(2)18-6-4-3-5-7-18/h8-15,17-18H,3-7H2,1-2H3/i1D3,17D. The van der Waals surface area contributed by atoms with Crippen LogP contribution in [0, 0.1) is 12.8 Å². The second-order valence-corrected chi connectivity index (χ2v) is 7.82. The van der Waals surface area contributed by atoms with E-state index in [2.05, 4.69) is 9.97 Å². The quantitative estimate of drug-likeness (QED) is 0.386. The Hall–Kier alpha value is -2.68. The molecule has 1 fully saturated rings. The zero-order valence-electron chi connectivity index (χ0n) is 20.0. The van der Waals surface area contributed by atoms with Crippen LogP contribution in [-0.4, -0.2) is 9.97 Å². The van der Waals surface area contributed by atoms with E-state index in [-0.39, 0.29) is 5.56 Å². The summed E-state index contributed by atoms with van der Waals surface area (Å²) in [5.74, 6) is -0.341. The van der Waals surface area contributed by atoms with Crippen molar-refractivity contribution in [2.24, 2.45) is 5.92 Å². The van der Waals surface area contributed by atoms with Crippen LogP contribution in [0.2, 0.25) is 0 Å². The molecule has 0 aliphatic heterocycles. The molecule has 1 aliphatic rings. The maximum absolute atomic E-state index is 9.13. The Balaban J connectivity index is 1.61. The Morgan fingerprint density at radius 2 is 2.00 bits per heavy atom. The third-order valence-corrected chi connectivity index (χ3v) is 6.09. The summed E-state index contributed by atoms with van der Waals surface area (Å²) in [6, 6.07) is 8.91. The predicted molar refractivity (Wildman–Crippen MR) is 114 cm³/mol. The van der Waals surface area contributed by atoms with Crippen molar-refractivity contribution in [1.29, 1.82) is 0 Å². The number of benzene rings is 1. The van der Waals surface area contributed by atoms with Gasteiger partial charge in [-0.25, -0.2) is 0 Å². The number of hydrogen-bond donors (Lipinski definition) is 0. The van der Waals surface area contributed by atoms with E-state index in [9.17, 15) is 0 Å². The van der Waals surface area contributed by atoms with Crippen LogP contribution in [0.3, 0.4) is 0 Å². The van der Waals surface area contributed by atoms with Crippen LogP contribution in [0.4, 0.5) is 0 Å². The molecule has 3 heteroatoms. The number of rotatable bonds is 3. The molecule has 3 aromatic heterocycles. The van der Waals surface area contributed by atoms with Gasteiger partial charge >= 0.3 is 0 Å². The van der Waals surface area contributed by atoms with Crippen molar-refractivity contribution >= 4 is 21.9 Å². The maximum Gasteiger partial charge on any atom is 0.147 e. The molecule has 142 valence electrons. The fraction of sp³-hybridized carbons (Fsp3) is 0.360. The smallest absolute Gasteiger partial charge is 0.147 e. The molecule has 1 saturated carbocycles. The van der Waals surface area contributed by atoms with Gasteiger partial charge in [-0.05, 0) is 60.8 Å². The van der Waals surface area contributed by atoms with Gasteiger partial charge in [0.1, 0.15) is 11.2 Å². The molecule has 1 aliphatic carbocycles. The molecule has 0 bridgehead atoms. The van der Waals surface area contributed by atoms with Gasteiger partial charge in [0.05, 0.1) is 11.3 Å². The Morgan fingerprint density at radius 3 is 2.86 bits per heavy atom. The van der Waals surface area contributed by atoms with Gasteiger partial charge in [-0.3, -0.25) is 9.97 Å². The van der Waals surface area contributed by atoms with E-state index < -0.39 is 12.7 Å². The third kappa shape index (κ3) is 2.99. The highest BCUT2D eigenvalue weighted by molar-refractivity contribution is 6.08. The average molecular weight is 375 g/mol. The Morgan fingerprint density at radius 1 is 1.11 bits per heavy atom. The first-order chi connectivity index (χ1) is 15.2. The lowest BCUT2D eigenvalue weighted by molar-refractivity contribution is 0.316. The molecule has 3 nitrogen and oxygen atoms in total. The molecule has 0 saturated heterocycles. The van der Waals surface area contributed by atoms with E-state index in [1.54, 1.807) is 36.8 Å². The number of nitrogens with zero attached hydrogens (tertiary/aromatic N) is 2. The van der Waals surface area contributed by atoms with Crippen LogP contribution >= 0.6 is 0 Å². The summed E-state index contributed by atoms with van der Waals surface area (Å²) in [7, 11) is 0. The fourth-order valence-electron chi connectivity index (χ4n) is 4.47. The van der Waals surface area contributed by atoms with Crippen LogP contribution < -0.4 is 0 Å². The molecule has 0 radical (unpaired) electrons. The molecule has 1 unspecified atom stereocenters. The maximum atomic E-state index is 9.13. The lowest BCUT2D eigenvalue weighted by Crippen LogP contribution is -2.14. The zero-order chi connectivity index (χ0) is 22.5. The first-order valence-corrected chi connectivity index (χ1v) is 10.0. The minimum atomic E-state index is -2.19. The molecular formula is C25H26N2O. The van der Waals surface area contributed by atoms with Crippen molar-refractivity contribution in [3.05, 3.63) is 60.0 Å². The first kappa shape index (κ1) is 13.5. The largest absolute Gasteiger partial charge is 0.455 e. The predicted octanol–water partition coefficient (Wildman–Crippen LogP) is 7.04. The highest BCUT2D eigenvalue weighted by atomic mass is 16.3. The summed E-state index contributed by atoms with van der Waals surface area (Å²) in [4.78, 5) is 8.98. The van der Waals surface area contributed by atoms with E-state index in [0.29, 0.717) is 22.8 Å². The number of hydrogen-bond acceptors (Lipinski definition) is 3. The van der Waals surface area contributed by atoms with E-state index in [1.807, 2.05) is 19.1 Å². The van der Waals surface area contributed by atoms with Crippen LogP contribution in [-0.2, 0) is 0 Å². The number of furan rings is 1. The molecule has 0 spiro atoms. The van der Waals surface area contributed by atoms with Gasteiger partial charge in [0.25, 0.3) is 0 Å². The number of aryl methyl sites for hydroxylation is 1. The molecular weight excluding hydrogens is 344 g/mol. The monoisotopic (exact) mass is 374 g/mol. The van der Waals surface area contributed by atoms with Crippen LogP contribution in [0.1, 0.15) is 61.5 Å². The Bertz CT molecular complexity index is 1290. The number of fused-ring (bicyclic) bond motifs is 3. The molecule has 1 atom stereocenters. The molecule has 1 aromatic carbocycles. The van der Waals surface area contributed by atoms with Gasteiger partial charge in [-0.1, -0.05) is 38.3 Å². The highest BCUT2D eigenvalue weighted by Crippen LogP contribution is 2.38. The lowest BCUT2D eigenvalue weighted by Gasteiger charge is -2.28. The van der Waals surface area contributed by atoms with Crippen molar-refractivity contribution in [3.63, 3.8) is 0 Å². The minimum Gasteiger partial charge on any atom is -0.455 e. The van der Waals surface area contributed by atoms with Gasteiger partial charge in [0.2, 0.25) is 0 Å². The molecule has 0 N–H and O–H groups in total. The van der Waals surface area contributed by atoms with E-state index in [4.69, 9.17) is 9.90 Å². The Labute approximate surface area is 171 Å². The highest BCUT2D eigenvalue weighted by Gasteiger charge is 2.22. The molecule has 3 heterocycles. The second-order valence-electron chi connectivity index (χ2n) is 7.82. The van der Waals surface area contributed by atoms with Gasteiger partial charge in [0.15, 0.2) is 0 Å². The van der Waals surface area contributed by atoms with Gasteiger partial charge in [-0.15, -0.1) is 0 Å². The van der Waals surface area contributed by atoms with Crippen LogP contribution in [0.15, 0.2) is 53.3 Å². The first-order valence-electron chi connectivity index (χ1n) is 12.0. The molecule has 4 aromatic rings. The van der Waals surface area contributed by atoms with Crippen molar-refractivity contribution < 1.29 is 9.90 Å².